The zero-order valence-electron chi connectivity index (χ0n) is 16.2. The second-order valence-corrected chi connectivity index (χ2v) is 8.28. The van der Waals surface area contributed by atoms with Gasteiger partial charge in [0, 0.05) is 63.8 Å². The van der Waals surface area contributed by atoms with Crippen molar-refractivity contribution < 1.29 is 9.47 Å². The Balaban J connectivity index is 0.00000196. The molecule has 4 fully saturated rings. The number of nitrogens with one attached hydrogen (secondary N) is 2. The molecule has 2 aliphatic heterocycles. The molecule has 1 spiro atoms. The van der Waals surface area contributed by atoms with Crippen LogP contribution in [-0.2, 0) is 9.47 Å². The van der Waals surface area contributed by atoms with Crippen LogP contribution in [-0.4, -0.2) is 76.1 Å². The Morgan fingerprint density at radius 2 is 2.00 bits per heavy atom. The average Bonchev–Trinajstić information content (AvgIpc) is 3.01. The Kier molecular flexibility index (Phi) is 7.07. The van der Waals surface area contributed by atoms with Crippen molar-refractivity contribution in [2.75, 3.05) is 47.0 Å². The predicted molar refractivity (Wildman–Crippen MR) is 114 cm³/mol. The van der Waals surface area contributed by atoms with E-state index in [4.69, 9.17) is 9.47 Å². The normalized spacial score (nSPS) is 33.8. The van der Waals surface area contributed by atoms with Crippen molar-refractivity contribution >= 4 is 29.9 Å². The van der Waals surface area contributed by atoms with Crippen LogP contribution in [0.5, 0.6) is 0 Å². The summed E-state index contributed by atoms with van der Waals surface area (Å²) < 4.78 is 11.2. The summed E-state index contributed by atoms with van der Waals surface area (Å²) in [6, 6.07) is 1.08. The minimum absolute atomic E-state index is 0. The van der Waals surface area contributed by atoms with Crippen molar-refractivity contribution in [2.24, 2.45) is 16.3 Å². The zero-order chi connectivity index (χ0) is 17.3. The smallest absolute Gasteiger partial charge is 0.191 e. The van der Waals surface area contributed by atoms with Crippen LogP contribution < -0.4 is 10.6 Å². The van der Waals surface area contributed by atoms with Gasteiger partial charge in [-0.15, -0.1) is 24.0 Å². The molecule has 2 N–H and O–H groups in total. The van der Waals surface area contributed by atoms with Crippen molar-refractivity contribution in [3.8, 4) is 0 Å². The lowest BCUT2D eigenvalue weighted by molar-refractivity contribution is -0.171. The Morgan fingerprint density at radius 1 is 1.23 bits per heavy atom. The molecule has 150 valence electrons. The summed E-state index contributed by atoms with van der Waals surface area (Å²) in [5.41, 5.74) is 0.405. The fourth-order valence-corrected chi connectivity index (χ4v) is 5.49. The molecule has 2 heterocycles. The lowest BCUT2D eigenvalue weighted by Crippen LogP contribution is -2.72. The van der Waals surface area contributed by atoms with Gasteiger partial charge in [0.05, 0.1) is 12.7 Å². The Labute approximate surface area is 174 Å². The van der Waals surface area contributed by atoms with E-state index in [9.17, 15) is 0 Å². The fourth-order valence-electron chi connectivity index (χ4n) is 5.49. The summed E-state index contributed by atoms with van der Waals surface area (Å²) in [4.78, 5) is 7.02. The molecule has 3 atom stereocenters. The number of likely N-dealkylation sites (tertiary alicyclic amines) is 1. The highest BCUT2D eigenvalue weighted by molar-refractivity contribution is 14.0. The molecule has 4 rings (SSSR count). The quantitative estimate of drug-likeness (QED) is 0.359. The van der Waals surface area contributed by atoms with Crippen molar-refractivity contribution in [3.05, 3.63) is 0 Å². The molecule has 4 aliphatic rings. The number of ether oxygens (including phenoxy) is 2. The molecule has 0 radical (unpaired) electrons. The van der Waals surface area contributed by atoms with E-state index in [1.54, 1.807) is 7.11 Å². The van der Waals surface area contributed by atoms with Crippen LogP contribution in [0.2, 0.25) is 0 Å². The first kappa shape index (κ1) is 20.6. The summed E-state index contributed by atoms with van der Waals surface area (Å²) in [5.74, 6) is 1.69. The molecule has 3 unspecified atom stereocenters. The van der Waals surface area contributed by atoms with Gasteiger partial charge in [-0.05, 0) is 32.1 Å². The van der Waals surface area contributed by atoms with E-state index in [2.05, 4.69) is 20.5 Å². The largest absolute Gasteiger partial charge is 0.383 e. The van der Waals surface area contributed by atoms with E-state index >= 15 is 0 Å². The van der Waals surface area contributed by atoms with Crippen molar-refractivity contribution in [2.45, 2.75) is 56.7 Å². The fraction of sp³-hybridized carbons (Fsp3) is 0.947. The first-order chi connectivity index (χ1) is 12.3. The molecule has 2 aliphatic carbocycles. The zero-order valence-corrected chi connectivity index (χ0v) is 18.5. The standard InChI is InChI=1S/C19H34N4O2.HI/c1-20-18(21-14-4-9-23(10-5-14)11-13-24-2)22-16-15-6-12-25-17(15)19(16)7-3-8-19;/h14-17H,3-13H2,1-2H3,(H2,20,21,22);1H. The second kappa shape index (κ2) is 8.92. The number of hydrogen-bond donors (Lipinski definition) is 2. The van der Waals surface area contributed by atoms with E-state index < -0.39 is 0 Å². The van der Waals surface area contributed by atoms with E-state index in [1.165, 1.54) is 38.5 Å². The van der Waals surface area contributed by atoms with E-state index in [0.29, 0.717) is 29.5 Å². The van der Waals surface area contributed by atoms with Gasteiger partial charge in [-0.25, -0.2) is 0 Å². The van der Waals surface area contributed by atoms with Gasteiger partial charge in [-0.3, -0.25) is 4.99 Å². The summed E-state index contributed by atoms with van der Waals surface area (Å²) in [6.07, 6.45) is 8.07. The monoisotopic (exact) mass is 478 g/mol. The van der Waals surface area contributed by atoms with Crippen LogP contribution in [0.1, 0.15) is 38.5 Å². The van der Waals surface area contributed by atoms with Crippen LogP contribution in [0, 0.1) is 11.3 Å². The Hall–Kier alpha value is -0.120. The average molecular weight is 478 g/mol. The van der Waals surface area contributed by atoms with Gasteiger partial charge in [0.25, 0.3) is 0 Å². The summed E-state index contributed by atoms with van der Waals surface area (Å²) in [7, 11) is 3.68. The number of halogens is 1. The molecular weight excluding hydrogens is 443 g/mol. The topological polar surface area (TPSA) is 58.1 Å². The molecule has 2 saturated carbocycles. The van der Waals surface area contributed by atoms with Crippen LogP contribution in [0.4, 0.5) is 0 Å². The lowest BCUT2D eigenvalue weighted by atomic mass is 9.46. The van der Waals surface area contributed by atoms with Gasteiger partial charge >= 0.3 is 0 Å². The number of aliphatic imine (C=N–C) groups is 1. The lowest BCUT2D eigenvalue weighted by Gasteiger charge is -2.63. The summed E-state index contributed by atoms with van der Waals surface area (Å²) in [5, 5.41) is 7.47. The van der Waals surface area contributed by atoms with Gasteiger partial charge in [-0.1, -0.05) is 6.42 Å². The van der Waals surface area contributed by atoms with Gasteiger partial charge < -0.3 is 25.0 Å². The van der Waals surface area contributed by atoms with Crippen LogP contribution >= 0.6 is 24.0 Å². The van der Waals surface area contributed by atoms with Crippen molar-refractivity contribution in [1.29, 1.82) is 0 Å². The Morgan fingerprint density at radius 3 is 2.62 bits per heavy atom. The number of methoxy groups -OCH3 is 1. The van der Waals surface area contributed by atoms with Gasteiger partial charge in [0.1, 0.15) is 0 Å². The van der Waals surface area contributed by atoms with Crippen LogP contribution in [0.3, 0.4) is 0 Å². The highest BCUT2D eigenvalue weighted by Crippen LogP contribution is 2.62. The van der Waals surface area contributed by atoms with E-state index in [1.807, 2.05) is 7.05 Å². The molecule has 0 aromatic rings. The molecule has 6 nitrogen and oxygen atoms in total. The maximum atomic E-state index is 6.03. The second-order valence-electron chi connectivity index (χ2n) is 8.28. The SMILES string of the molecule is CN=C(NC1CCN(CCOC)CC1)NC1C2CCOC2C12CCC2.I. The number of guanidine groups is 1. The van der Waals surface area contributed by atoms with Crippen LogP contribution in [0.25, 0.3) is 0 Å². The number of piperidine rings is 1. The maximum absolute atomic E-state index is 6.03. The molecule has 26 heavy (non-hydrogen) atoms. The molecule has 0 bridgehead atoms. The molecule has 0 amide bonds. The summed E-state index contributed by atoms with van der Waals surface area (Å²) >= 11 is 0. The number of rotatable bonds is 5. The number of fused-ring (bicyclic) bond motifs is 2. The molecule has 7 heteroatoms. The first-order valence-corrected chi connectivity index (χ1v) is 10.1. The minimum Gasteiger partial charge on any atom is -0.383 e. The molecule has 0 aromatic carbocycles. The molecular formula is C19H35IN4O2. The highest BCUT2D eigenvalue weighted by atomic mass is 127. The minimum atomic E-state index is 0. The van der Waals surface area contributed by atoms with Crippen molar-refractivity contribution in [1.82, 2.24) is 15.5 Å². The third-order valence-corrected chi connectivity index (χ3v) is 7.09. The summed E-state index contributed by atoms with van der Waals surface area (Å²) in [6.45, 7) is 5.11. The highest BCUT2D eigenvalue weighted by Gasteiger charge is 2.66. The first-order valence-electron chi connectivity index (χ1n) is 10.1. The molecule has 0 aromatic heterocycles. The number of hydrogen-bond acceptors (Lipinski definition) is 4. The Bertz CT molecular complexity index is 492. The maximum Gasteiger partial charge on any atom is 0.191 e. The number of nitrogens with zero attached hydrogens (tertiary/aromatic N) is 2. The van der Waals surface area contributed by atoms with E-state index in [0.717, 1.165) is 38.8 Å². The predicted octanol–water partition coefficient (Wildman–Crippen LogP) is 1.84. The van der Waals surface area contributed by atoms with Gasteiger partial charge in [-0.2, -0.15) is 0 Å². The molecule has 2 saturated heterocycles. The third-order valence-electron chi connectivity index (χ3n) is 7.09. The third kappa shape index (κ3) is 3.73. The van der Waals surface area contributed by atoms with Gasteiger partial charge in [0.2, 0.25) is 0 Å². The van der Waals surface area contributed by atoms with Crippen molar-refractivity contribution in [3.63, 3.8) is 0 Å². The van der Waals surface area contributed by atoms with Crippen LogP contribution in [0.15, 0.2) is 4.99 Å². The van der Waals surface area contributed by atoms with Gasteiger partial charge in [0.15, 0.2) is 5.96 Å². The van der Waals surface area contributed by atoms with E-state index in [-0.39, 0.29) is 24.0 Å².